The number of hydrogen-bond donors (Lipinski definition) is 2. The van der Waals surface area contributed by atoms with Crippen LogP contribution in [-0.2, 0) is 15.3 Å². The molecule has 2 N–H and O–H groups in total. The maximum Gasteiger partial charge on any atom is 0.318 e. The van der Waals surface area contributed by atoms with Crippen molar-refractivity contribution >= 4 is 17.5 Å². The van der Waals surface area contributed by atoms with E-state index in [2.05, 4.69) is 4.99 Å². The van der Waals surface area contributed by atoms with Crippen LogP contribution in [0.25, 0.3) is 0 Å². The maximum absolute atomic E-state index is 12.8. The summed E-state index contributed by atoms with van der Waals surface area (Å²) in [6.45, 7) is 1.53. The van der Waals surface area contributed by atoms with Gasteiger partial charge in [0.05, 0.1) is 0 Å². The molecule has 4 rings (SSSR count). The van der Waals surface area contributed by atoms with E-state index >= 15 is 0 Å². The summed E-state index contributed by atoms with van der Waals surface area (Å²) in [5.41, 5.74) is -3.84. The average molecular weight is 329 g/mol. The van der Waals surface area contributed by atoms with Crippen LogP contribution < -0.4 is 0 Å². The number of nitrogens with zero attached hydrogens (tertiary/aromatic N) is 1. The van der Waals surface area contributed by atoms with Crippen molar-refractivity contribution in [1.29, 1.82) is 0 Å². The molecule has 0 amide bonds. The van der Waals surface area contributed by atoms with E-state index in [4.69, 9.17) is 4.74 Å². The van der Waals surface area contributed by atoms with Crippen LogP contribution in [-0.4, -0.2) is 39.4 Å². The van der Waals surface area contributed by atoms with Gasteiger partial charge in [0.2, 0.25) is 11.5 Å². The van der Waals surface area contributed by atoms with Gasteiger partial charge in [0, 0.05) is 16.8 Å². The van der Waals surface area contributed by atoms with E-state index in [1.165, 1.54) is 13.0 Å². The van der Waals surface area contributed by atoms with E-state index in [1.54, 1.807) is 18.2 Å². The smallest absolute Gasteiger partial charge is 0.318 e. The third kappa shape index (κ3) is 1.75. The molecule has 24 heavy (non-hydrogen) atoms. The lowest BCUT2D eigenvalue weighted by Gasteiger charge is -2.32. The molecule has 3 aliphatic rings. The van der Waals surface area contributed by atoms with Gasteiger partial charge in [-0.1, -0.05) is 24.3 Å². The molecule has 1 fully saturated rings. The number of carbonyl (C=O) groups excluding carboxylic acids is 2. The largest absolute Gasteiger partial charge is 0.462 e. The number of fused-ring (bicyclic) bond motifs is 3. The van der Waals surface area contributed by atoms with Crippen LogP contribution in [0, 0.1) is 5.92 Å². The summed E-state index contributed by atoms with van der Waals surface area (Å²) in [6, 6.07) is 6.38. The van der Waals surface area contributed by atoms with Crippen LogP contribution in [0.1, 0.15) is 48.5 Å². The highest BCUT2D eigenvalue weighted by Gasteiger charge is 2.72. The summed E-state index contributed by atoms with van der Waals surface area (Å²) in [7, 11) is 0. The summed E-state index contributed by atoms with van der Waals surface area (Å²) in [6.07, 6.45) is 3.36. The van der Waals surface area contributed by atoms with Crippen molar-refractivity contribution in [2.45, 2.75) is 50.0 Å². The molecule has 6 heteroatoms. The second kappa shape index (κ2) is 4.97. The summed E-state index contributed by atoms with van der Waals surface area (Å²) >= 11 is 0. The van der Waals surface area contributed by atoms with Crippen LogP contribution in [0.2, 0.25) is 0 Å². The zero-order valence-corrected chi connectivity index (χ0v) is 13.4. The SMILES string of the molecule is CC1=N[C@@]2(O)c3ccccc3C(=O)[C@]2(O)C1C(=O)OC1CCCC1. The molecular weight excluding hydrogens is 310 g/mol. The number of carbonyl (C=O) groups is 2. The van der Waals surface area contributed by atoms with E-state index in [0.717, 1.165) is 25.7 Å². The second-order valence-electron chi connectivity index (χ2n) is 6.84. The van der Waals surface area contributed by atoms with Gasteiger partial charge in [-0.05, 0) is 32.6 Å². The third-order valence-corrected chi connectivity index (χ3v) is 5.42. The highest BCUT2D eigenvalue weighted by atomic mass is 16.5. The molecule has 0 radical (unpaired) electrons. The summed E-state index contributed by atoms with van der Waals surface area (Å²) < 4.78 is 5.49. The fourth-order valence-corrected chi connectivity index (χ4v) is 4.23. The Balaban J connectivity index is 1.75. The lowest BCUT2D eigenvalue weighted by atomic mass is 9.79. The van der Waals surface area contributed by atoms with Crippen LogP contribution in [0.5, 0.6) is 0 Å². The van der Waals surface area contributed by atoms with E-state index in [1.807, 2.05) is 0 Å². The standard InChI is InChI=1S/C18H19NO5/c1-10-14(16(21)24-11-6-2-3-7-11)17(22)15(20)12-8-4-5-9-13(12)18(17,23)19-10/h4-5,8-9,11,14,22-23H,2-3,6-7H2,1H3/t14?,17-,18-/m1/s1. The average Bonchev–Trinajstić information content (AvgIpc) is 3.16. The van der Waals surface area contributed by atoms with Gasteiger partial charge in [0.1, 0.15) is 12.0 Å². The molecule has 1 aromatic carbocycles. The number of hydrogen-bond acceptors (Lipinski definition) is 6. The predicted octanol–water partition coefficient (Wildman–Crippen LogP) is 1.34. The number of aliphatic imine (C=N–C) groups is 1. The van der Waals surface area contributed by atoms with E-state index < -0.39 is 29.0 Å². The minimum absolute atomic E-state index is 0.192. The highest BCUT2D eigenvalue weighted by Crippen LogP contribution is 2.53. The minimum Gasteiger partial charge on any atom is -0.462 e. The molecule has 1 aliphatic heterocycles. The Morgan fingerprint density at radius 3 is 2.62 bits per heavy atom. The Labute approximate surface area is 139 Å². The molecule has 1 saturated carbocycles. The molecule has 0 bridgehead atoms. The number of benzene rings is 1. The molecule has 126 valence electrons. The molecule has 2 aliphatic carbocycles. The Bertz CT molecular complexity index is 766. The summed E-state index contributed by atoms with van der Waals surface area (Å²) in [5, 5.41) is 22.1. The fourth-order valence-electron chi connectivity index (χ4n) is 4.23. The van der Waals surface area contributed by atoms with Gasteiger partial charge in [0.25, 0.3) is 0 Å². The first-order valence-corrected chi connectivity index (χ1v) is 8.25. The molecule has 1 heterocycles. The first-order chi connectivity index (χ1) is 11.4. The number of ether oxygens (including phenoxy) is 1. The molecule has 0 saturated heterocycles. The minimum atomic E-state index is -2.34. The van der Waals surface area contributed by atoms with Crippen molar-refractivity contribution in [3.8, 4) is 0 Å². The van der Waals surface area contributed by atoms with Gasteiger partial charge in [0.15, 0.2) is 5.60 Å². The predicted molar refractivity (Wildman–Crippen MR) is 84.6 cm³/mol. The monoisotopic (exact) mass is 329 g/mol. The topological polar surface area (TPSA) is 96.2 Å². The van der Waals surface area contributed by atoms with Crippen LogP contribution in [0.3, 0.4) is 0 Å². The number of rotatable bonds is 2. The van der Waals surface area contributed by atoms with Gasteiger partial charge in [-0.15, -0.1) is 0 Å². The first-order valence-electron chi connectivity index (χ1n) is 8.25. The molecule has 6 nitrogen and oxygen atoms in total. The number of ketones is 1. The zero-order chi connectivity index (χ0) is 17.1. The van der Waals surface area contributed by atoms with Crippen LogP contribution >= 0.6 is 0 Å². The third-order valence-electron chi connectivity index (χ3n) is 5.42. The lowest BCUT2D eigenvalue weighted by Crippen LogP contribution is -2.56. The zero-order valence-electron chi connectivity index (χ0n) is 13.4. The summed E-state index contributed by atoms with van der Waals surface area (Å²) in [5.74, 6) is -2.67. The summed E-state index contributed by atoms with van der Waals surface area (Å²) in [4.78, 5) is 29.6. The maximum atomic E-state index is 12.8. The highest BCUT2D eigenvalue weighted by molar-refractivity contribution is 6.18. The van der Waals surface area contributed by atoms with Gasteiger partial charge >= 0.3 is 5.97 Å². The van der Waals surface area contributed by atoms with Crippen molar-refractivity contribution in [1.82, 2.24) is 0 Å². The lowest BCUT2D eigenvalue weighted by molar-refractivity contribution is -0.169. The molecule has 1 unspecified atom stereocenters. The molecule has 3 atom stereocenters. The van der Waals surface area contributed by atoms with Crippen molar-refractivity contribution in [3.05, 3.63) is 35.4 Å². The van der Waals surface area contributed by atoms with Gasteiger partial charge < -0.3 is 14.9 Å². The van der Waals surface area contributed by atoms with Gasteiger partial charge in [-0.3, -0.25) is 14.6 Å². The van der Waals surface area contributed by atoms with Gasteiger partial charge in [-0.25, -0.2) is 0 Å². The number of esters is 1. The van der Waals surface area contributed by atoms with E-state index in [-0.39, 0.29) is 22.9 Å². The Kier molecular flexibility index (Phi) is 3.21. The van der Waals surface area contributed by atoms with Gasteiger partial charge in [-0.2, -0.15) is 0 Å². The van der Waals surface area contributed by atoms with E-state index in [0.29, 0.717) is 0 Å². The second-order valence-corrected chi connectivity index (χ2v) is 6.84. The van der Waals surface area contributed by atoms with E-state index in [9.17, 15) is 19.8 Å². The fraction of sp³-hybridized carbons (Fsp3) is 0.500. The molecule has 0 aromatic heterocycles. The first kappa shape index (κ1) is 15.5. The normalized spacial score (nSPS) is 34.9. The van der Waals surface area contributed by atoms with Crippen molar-refractivity contribution < 1.29 is 24.5 Å². The van der Waals surface area contributed by atoms with Crippen molar-refractivity contribution in [2.24, 2.45) is 10.9 Å². The molecule has 0 spiro atoms. The Hall–Kier alpha value is -2.05. The Morgan fingerprint density at radius 2 is 1.92 bits per heavy atom. The van der Waals surface area contributed by atoms with Crippen molar-refractivity contribution in [2.75, 3.05) is 0 Å². The van der Waals surface area contributed by atoms with Crippen molar-refractivity contribution in [3.63, 3.8) is 0 Å². The number of aliphatic hydroxyl groups is 2. The quantitative estimate of drug-likeness (QED) is 0.798. The molecule has 1 aromatic rings. The van der Waals surface area contributed by atoms with Crippen LogP contribution in [0.15, 0.2) is 29.3 Å². The number of Topliss-reactive ketones (excluding diaryl/α,β-unsaturated/α-hetero) is 1. The Morgan fingerprint density at radius 1 is 1.25 bits per heavy atom. The molecular formula is C18H19NO5. The van der Waals surface area contributed by atoms with Crippen LogP contribution in [0.4, 0.5) is 0 Å².